The summed E-state index contributed by atoms with van der Waals surface area (Å²) in [5.41, 5.74) is 2.11. The van der Waals surface area contributed by atoms with Gasteiger partial charge in [0.1, 0.15) is 5.60 Å². The van der Waals surface area contributed by atoms with Crippen molar-refractivity contribution < 1.29 is 9.53 Å². The van der Waals surface area contributed by atoms with E-state index >= 15 is 0 Å². The number of carbonyl (C=O) groups is 1. The highest BCUT2D eigenvalue weighted by molar-refractivity contribution is 8.21. The normalized spacial score (nSPS) is 11.0. The van der Waals surface area contributed by atoms with Gasteiger partial charge in [0.05, 0.1) is 6.42 Å². The Morgan fingerprint density at radius 1 is 0.885 bits per heavy atom. The average molecular weight is 387 g/mol. The molecule has 0 amide bonds. The summed E-state index contributed by atoms with van der Waals surface area (Å²) in [7, 11) is 0. The van der Waals surface area contributed by atoms with Crippen LogP contribution in [0.15, 0.2) is 71.0 Å². The van der Waals surface area contributed by atoms with E-state index in [1.807, 2.05) is 39.0 Å². The molecule has 0 bridgehead atoms. The molecule has 4 heteroatoms. The van der Waals surface area contributed by atoms with Crippen molar-refractivity contribution in [3.05, 3.63) is 82.1 Å². The zero-order valence-corrected chi connectivity index (χ0v) is 17.2. The van der Waals surface area contributed by atoms with Gasteiger partial charge in [0.15, 0.2) is 0 Å². The predicted octanol–water partition coefficient (Wildman–Crippen LogP) is 6.43. The van der Waals surface area contributed by atoms with Gasteiger partial charge >= 0.3 is 5.97 Å². The Kier molecular flexibility index (Phi) is 8.33. The van der Waals surface area contributed by atoms with Crippen LogP contribution in [0.5, 0.6) is 0 Å². The molecule has 0 aromatic heterocycles. The van der Waals surface area contributed by atoms with Crippen molar-refractivity contribution in [1.82, 2.24) is 0 Å². The summed E-state index contributed by atoms with van der Waals surface area (Å²) in [4.78, 5) is 12.0. The van der Waals surface area contributed by atoms with Gasteiger partial charge in [-0.05, 0) is 31.9 Å². The fourth-order valence-electron chi connectivity index (χ4n) is 2.17. The SMILES string of the molecule is CC(C)(C)OC(=O)CC=C(SCc1ccccc1)SCc1ccccc1. The first-order chi connectivity index (χ1) is 12.4. The molecule has 0 fully saturated rings. The third kappa shape index (κ3) is 8.63. The van der Waals surface area contributed by atoms with E-state index in [4.69, 9.17) is 4.74 Å². The third-order valence-electron chi connectivity index (χ3n) is 3.30. The van der Waals surface area contributed by atoms with Crippen molar-refractivity contribution in [2.24, 2.45) is 0 Å². The maximum Gasteiger partial charge on any atom is 0.310 e. The Morgan fingerprint density at radius 3 is 1.77 bits per heavy atom. The van der Waals surface area contributed by atoms with Crippen LogP contribution in [0.2, 0.25) is 0 Å². The molecule has 26 heavy (non-hydrogen) atoms. The van der Waals surface area contributed by atoms with Crippen molar-refractivity contribution in [1.29, 1.82) is 0 Å². The summed E-state index contributed by atoms with van der Waals surface area (Å²) in [6, 6.07) is 20.8. The lowest BCUT2D eigenvalue weighted by molar-refractivity contribution is -0.153. The second kappa shape index (κ2) is 10.5. The van der Waals surface area contributed by atoms with Crippen LogP contribution in [-0.2, 0) is 21.0 Å². The molecule has 0 unspecified atom stereocenters. The standard InChI is InChI=1S/C22H26O2S2/c1-22(2,3)24-20(23)14-15-21(25-16-18-10-6-4-7-11-18)26-17-19-12-8-5-9-13-19/h4-13,15H,14,16-17H2,1-3H3. The molecule has 0 N–H and O–H groups in total. The minimum Gasteiger partial charge on any atom is -0.460 e. The third-order valence-corrected chi connectivity index (χ3v) is 5.87. The molecule has 0 aliphatic rings. The molecule has 2 rings (SSSR count). The zero-order valence-electron chi connectivity index (χ0n) is 15.6. The molecule has 0 saturated heterocycles. The van der Waals surface area contributed by atoms with E-state index in [9.17, 15) is 4.79 Å². The second-order valence-electron chi connectivity index (χ2n) is 6.86. The van der Waals surface area contributed by atoms with E-state index in [1.54, 1.807) is 23.5 Å². The van der Waals surface area contributed by atoms with E-state index < -0.39 is 5.60 Å². The minimum atomic E-state index is -0.445. The Labute approximate surface area is 165 Å². The van der Waals surface area contributed by atoms with Crippen LogP contribution in [0.3, 0.4) is 0 Å². The first-order valence-electron chi connectivity index (χ1n) is 8.68. The number of ether oxygens (including phenoxy) is 1. The van der Waals surface area contributed by atoms with Gasteiger partial charge in [0.2, 0.25) is 0 Å². The zero-order chi connectivity index (χ0) is 18.8. The lowest BCUT2D eigenvalue weighted by atomic mass is 10.2. The van der Waals surface area contributed by atoms with Gasteiger partial charge in [0.25, 0.3) is 0 Å². The van der Waals surface area contributed by atoms with E-state index in [-0.39, 0.29) is 5.97 Å². The van der Waals surface area contributed by atoms with Gasteiger partial charge in [-0.3, -0.25) is 4.79 Å². The number of esters is 1. The summed E-state index contributed by atoms with van der Waals surface area (Å²) in [5, 5.41) is 0. The molecule has 0 heterocycles. The molecule has 0 aliphatic carbocycles. The summed E-state index contributed by atoms with van der Waals surface area (Å²) in [6.45, 7) is 5.68. The Balaban J connectivity index is 1.97. The molecule has 0 aliphatic heterocycles. The topological polar surface area (TPSA) is 26.3 Å². The number of carbonyl (C=O) groups excluding carboxylic acids is 1. The number of hydrogen-bond donors (Lipinski definition) is 0. The number of hydrogen-bond acceptors (Lipinski definition) is 4. The molecule has 0 spiro atoms. The van der Waals surface area contributed by atoms with Gasteiger partial charge in [-0.2, -0.15) is 0 Å². The first kappa shape index (κ1) is 20.7. The van der Waals surface area contributed by atoms with E-state index in [0.29, 0.717) is 6.42 Å². The van der Waals surface area contributed by atoms with Crippen molar-refractivity contribution in [2.75, 3.05) is 0 Å². The molecule has 0 saturated carbocycles. The number of thioether (sulfide) groups is 2. The molecular formula is C22H26O2S2. The Bertz CT molecular complexity index is 658. The number of benzene rings is 2. The van der Waals surface area contributed by atoms with Crippen molar-refractivity contribution >= 4 is 29.5 Å². The highest BCUT2D eigenvalue weighted by atomic mass is 32.2. The van der Waals surface area contributed by atoms with Crippen LogP contribution in [0.1, 0.15) is 38.3 Å². The Hall–Kier alpha value is -1.65. The van der Waals surface area contributed by atoms with Gasteiger partial charge in [0, 0.05) is 15.7 Å². The Morgan fingerprint density at radius 2 is 1.35 bits per heavy atom. The van der Waals surface area contributed by atoms with Crippen LogP contribution in [0.4, 0.5) is 0 Å². The predicted molar refractivity (Wildman–Crippen MR) is 114 cm³/mol. The van der Waals surface area contributed by atoms with Gasteiger partial charge < -0.3 is 4.74 Å². The molecule has 0 radical (unpaired) electrons. The summed E-state index contributed by atoms with van der Waals surface area (Å²) >= 11 is 3.54. The van der Waals surface area contributed by atoms with Gasteiger partial charge in [-0.25, -0.2) is 0 Å². The second-order valence-corrected chi connectivity index (χ2v) is 9.16. The van der Waals surface area contributed by atoms with E-state index in [1.165, 1.54) is 11.1 Å². The van der Waals surface area contributed by atoms with Crippen molar-refractivity contribution in [3.8, 4) is 0 Å². The lowest BCUT2D eigenvalue weighted by Gasteiger charge is -2.19. The molecule has 0 atom stereocenters. The smallest absolute Gasteiger partial charge is 0.310 e. The molecule has 2 aromatic rings. The van der Waals surface area contributed by atoms with Gasteiger partial charge in [-0.15, -0.1) is 23.5 Å². The van der Waals surface area contributed by atoms with Crippen LogP contribution in [-0.4, -0.2) is 11.6 Å². The molecular weight excluding hydrogens is 360 g/mol. The number of rotatable bonds is 8. The minimum absolute atomic E-state index is 0.185. The monoisotopic (exact) mass is 386 g/mol. The summed E-state index contributed by atoms with van der Waals surface area (Å²) < 4.78 is 6.57. The van der Waals surface area contributed by atoms with Crippen LogP contribution in [0, 0.1) is 0 Å². The van der Waals surface area contributed by atoms with Crippen LogP contribution < -0.4 is 0 Å². The summed E-state index contributed by atoms with van der Waals surface area (Å²) in [6.07, 6.45) is 2.30. The van der Waals surface area contributed by atoms with Crippen molar-refractivity contribution in [2.45, 2.75) is 44.3 Å². The molecule has 2 nitrogen and oxygen atoms in total. The average Bonchev–Trinajstić information content (AvgIpc) is 2.61. The maximum atomic E-state index is 12.0. The highest BCUT2D eigenvalue weighted by Crippen LogP contribution is 2.34. The fourth-order valence-corrected chi connectivity index (χ4v) is 4.26. The first-order valence-corrected chi connectivity index (χ1v) is 10.6. The van der Waals surface area contributed by atoms with E-state index in [2.05, 4.69) is 48.5 Å². The molecule has 2 aromatic carbocycles. The van der Waals surface area contributed by atoms with E-state index in [0.717, 1.165) is 15.7 Å². The fraction of sp³-hybridized carbons (Fsp3) is 0.318. The summed E-state index contributed by atoms with van der Waals surface area (Å²) in [5.74, 6) is 1.60. The maximum absolute atomic E-state index is 12.0. The highest BCUT2D eigenvalue weighted by Gasteiger charge is 2.15. The molecule has 138 valence electrons. The van der Waals surface area contributed by atoms with Crippen LogP contribution >= 0.6 is 23.5 Å². The quantitative estimate of drug-likeness (QED) is 0.489. The largest absolute Gasteiger partial charge is 0.460 e. The van der Waals surface area contributed by atoms with Gasteiger partial charge in [-0.1, -0.05) is 66.7 Å². The van der Waals surface area contributed by atoms with Crippen molar-refractivity contribution in [3.63, 3.8) is 0 Å². The van der Waals surface area contributed by atoms with Crippen LogP contribution in [0.25, 0.3) is 0 Å². The lowest BCUT2D eigenvalue weighted by Crippen LogP contribution is -2.23.